The van der Waals surface area contributed by atoms with E-state index in [2.05, 4.69) is 15.9 Å². The highest BCUT2D eigenvalue weighted by atomic mass is 79.9. The predicted octanol–water partition coefficient (Wildman–Crippen LogP) is 2.75. The van der Waals surface area contributed by atoms with Crippen LogP contribution < -0.4 is 10.5 Å². The van der Waals surface area contributed by atoms with Crippen LogP contribution in [0.3, 0.4) is 0 Å². The summed E-state index contributed by atoms with van der Waals surface area (Å²) in [7, 11) is 0. The monoisotopic (exact) mass is 291 g/mol. The zero-order valence-corrected chi connectivity index (χ0v) is 10.5. The molecule has 5 heteroatoms. The number of carbonyl (C=O) groups is 1. The van der Waals surface area contributed by atoms with Crippen LogP contribution in [0.15, 0.2) is 22.7 Å². The summed E-state index contributed by atoms with van der Waals surface area (Å²) in [4.78, 5) is 11.0. The molecule has 1 aromatic rings. The van der Waals surface area contributed by atoms with Crippen LogP contribution >= 0.6 is 27.5 Å². The van der Waals surface area contributed by atoms with Gasteiger partial charge in [-0.2, -0.15) is 0 Å². The normalized spacial score (nSPS) is 12.2. The van der Waals surface area contributed by atoms with Gasteiger partial charge in [-0.1, -0.05) is 34.5 Å². The van der Waals surface area contributed by atoms with Crippen molar-refractivity contribution in [3.63, 3.8) is 0 Å². The Labute approximate surface area is 102 Å². The summed E-state index contributed by atoms with van der Waals surface area (Å²) in [6.07, 6.45) is -0.130. The van der Waals surface area contributed by atoms with Crippen LogP contribution in [0.2, 0.25) is 5.02 Å². The Morgan fingerprint density at radius 1 is 1.67 bits per heavy atom. The molecular weight excluding hydrogens is 281 g/mol. The number of rotatable bonds is 4. The minimum Gasteiger partial charge on any atom is -0.479 e. The molecule has 0 aliphatic heterocycles. The fraction of sp³-hybridized carbons (Fsp3) is 0.300. The Morgan fingerprint density at radius 3 is 2.87 bits per heavy atom. The molecule has 0 aromatic heterocycles. The number of primary amides is 1. The van der Waals surface area contributed by atoms with E-state index in [0.29, 0.717) is 17.2 Å². The average molecular weight is 293 g/mol. The van der Waals surface area contributed by atoms with Gasteiger partial charge in [-0.15, -0.1) is 0 Å². The van der Waals surface area contributed by atoms with Crippen LogP contribution in [0.25, 0.3) is 0 Å². The molecular formula is C10H11BrClNO2. The van der Waals surface area contributed by atoms with Crippen molar-refractivity contribution in [3.05, 3.63) is 27.7 Å². The molecule has 2 N–H and O–H groups in total. The first kappa shape index (κ1) is 12.3. The Balaban J connectivity index is 2.87. The summed E-state index contributed by atoms with van der Waals surface area (Å²) in [5, 5.41) is 0.456. The third-order valence-electron chi connectivity index (χ3n) is 1.85. The molecule has 0 bridgehead atoms. The molecule has 15 heavy (non-hydrogen) atoms. The smallest absolute Gasteiger partial charge is 0.258 e. The fourth-order valence-corrected chi connectivity index (χ4v) is 1.57. The molecule has 0 saturated carbocycles. The van der Waals surface area contributed by atoms with Gasteiger partial charge in [0.05, 0.1) is 5.02 Å². The van der Waals surface area contributed by atoms with Crippen LogP contribution in [0.5, 0.6) is 5.75 Å². The molecule has 0 spiro atoms. The SMILES string of the molecule is CCC(Oc1cc(Br)ccc1Cl)C(N)=O. The van der Waals surface area contributed by atoms with E-state index in [-0.39, 0.29) is 0 Å². The summed E-state index contributed by atoms with van der Waals surface area (Å²) in [5.41, 5.74) is 5.16. The molecule has 82 valence electrons. The van der Waals surface area contributed by atoms with E-state index >= 15 is 0 Å². The standard InChI is InChI=1S/C10H11BrClNO2/c1-2-8(10(13)14)15-9-5-6(11)3-4-7(9)12/h3-5,8H,2H2,1H3,(H2,13,14). The minimum atomic E-state index is -0.642. The van der Waals surface area contributed by atoms with Crippen molar-refractivity contribution < 1.29 is 9.53 Å². The number of hydrogen-bond donors (Lipinski definition) is 1. The second kappa shape index (κ2) is 5.37. The molecule has 3 nitrogen and oxygen atoms in total. The van der Waals surface area contributed by atoms with E-state index in [0.717, 1.165) is 4.47 Å². The van der Waals surface area contributed by atoms with Crippen molar-refractivity contribution in [2.24, 2.45) is 5.73 Å². The fourth-order valence-electron chi connectivity index (χ4n) is 1.06. The molecule has 0 aliphatic rings. The Morgan fingerprint density at radius 2 is 2.33 bits per heavy atom. The highest BCUT2D eigenvalue weighted by molar-refractivity contribution is 9.10. The molecule has 1 aromatic carbocycles. The van der Waals surface area contributed by atoms with Crippen LogP contribution in [-0.4, -0.2) is 12.0 Å². The van der Waals surface area contributed by atoms with E-state index in [1.54, 1.807) is 18.2 Å². The van der Waals surface area contributed by atoms with Gasteiger partial charge in [0.1, 0.15) is 5.75 Å². The van der Waals surface area contributed by atoms with Crippen molar-refractivity contribution in [2.45, 2.75) is 19.4 Å². The number of halogens is 2. The Kier molecular flexibility index (Phi) is 4.42. The molecule has 0 heterocycles. The van der Waals surface area contributed by atoms with Crippen LogP contribution in [-0.2, 0) is 4.79 Å². The third-order valence-corrected chi connectivity index (χ3v) is 2.66. The summed E-state index contributed by atoms with van der Waals surface area (Å²) >= 11 is 9.19. The van der Waals surface area contributed by atoms with Crippen molar-refractivity contribution in [1.82, 2.24) is 0 Å². The zero-order chi connectivity index (χ0) is 11.4. The largest absolute Gasteiger partial charge is 0.479 e. The molecule has 1 atom stereocenters. The molecule has 0 radical (unpaired) electrons. The van der Waals surface area contributed by atoms with Gasteiger partial charge in [0.15, 0.2) is 6.10 Å². The molecule has 1 rings (SSSR count). The first-order valence-corrected chi connectivity index (χ1v) is 5.62. The van der Waals surface area contributed by atoms with Gasteiger partial charge >= 0.3 is 0 Å². The first-order chi connectivity index (χ1) is 7.04. The summed E-state index contributed by atoms with van der Waals surface area (Å²) in [6, 6.07) is 5.18. The lowest BCUT2D eigenvalue weighted by atomic mass is 10.2. The lowest BCUT2D eigenvalue weighted by molar-refractivity contribution is -0.124. The maximum Gasteiger partial charge on any atom is 0.258 e. The van der Waals surface area contributed by atoms with E-state index in [1.807, 2.05) is 6.92 Å². The third kappa shape index (κ3) is 3.39. The average Bonchev–Trinajstić information content (AvgIpc) is 2.18. The molecule has 1 unspecified atom stereocenters. The number of amides is 1. The van der Waals surface area contributed by atoms with Gasteiger partial charge in [0.2, 0.25) is 0 Å². The van der Waals surface area contributed by atoms with Crippen LogP contribution in [0.1, 0.15) is 13.3 Å². The number of carbonyl (C=O) groups excluding carboxylic acids is 1. The molecule has 0 aliphatic carbocycles. The molecule has 0 saturated heterocycles. The highest BCUT2D eigenvalue weighted by Crippen LogP contribution is 2.29. The second-order valence-corrected chi connectivity index (χ2v) is 4.31. The zero-order valence-electron chi connectivity index (χ0n) is 8.17. The van der Waals surface area contributed by atoms with E-state index in [1.165, 1.54) is 0 Å². The van der Waals surface area contributed by atoms with Gasteiger partial charge in [-0.3, -0.25) is 4.79 Å². The minimum absolute atomic E-state index is 0.455. The highest BCUT2D eigenvalue weighted by Gasteiger charge is 2.16. The van der Waals surface area contributed by atoms with Crippen molar-refractivity contribution >= 4 is 33.4 Å². The summed E-state index contributed by atoms with van der Waals surface area (Å²) < 4.78 is 6.23. The van der Waals surface area contributed by atoms with E-state index in [9.17, 15) is 4.79 Å². The number of ether oxygens (including phenoxy) is 1. The van der Waals surface area contributed by atoms with Crippen LogP contribution in [0.4, 0.5) is 0 Å². The van der Waals surface area contributed by atoms with Gasteiger partial charge in [0.25, 0.3) is 5.91 Å². The summed E-state index contributed by atoms with van der Waals surface area (Å²) in [5.74, 6) is -0.0368. The Hall–Kier alpha value is -0.740. The van der Waals surface area contributed by atoms with Gasteiger partial charge in [-0.25, -0.2) is 0 Å². The number of nitrogens with two attached hydrogens (primary N) is 1. The van der Waals surface area contributed by atoms with E-state index < -0.39 is 12.0 Å². The lowest BCUT2D eigenvalue weighted by Crippen LogP contribution is -2.33. The topological polar surface area (TPSA) is 52.3 Å². The predicted molar refractivity (Wildman–Crippen MR) is 63.1 cm³/mol. The maximum atomic E-state index is 11.0. The Bertz CT molecular complexity index is 370. The number of hydrogen-bond acceptors (Lipinski definition) is 2. The van der Waals surface area contributed by atoms with Gasteiger partial charge < -0.3 is 10.5 Å². The first-order valence-electron chi connectivity index (χ1n) is 4.45. The van der Waals surface area contributed by atoms with Crippen LogP contribution in [0, 0.1) is 0 Å². The molecule has 1 amide bonds. The lowest BCUT2D eigenvalue weighted by Gasteiger charge is -2.15. The second-order valence-electron chi connectivity index (χ2n) is 2.99. The van der Waals surface area contributed by atoms with Gasteiger partial charge in [0, 0.05) is 4.47 Å². The quantitative estimate of drug-likeness (QED) is 0.927. The van der Waals surface area contributed by atoms with Crippen molar-refractivity contribution in [3.8, 4) is 5.75 Å². The van der Waals surface area contributed by atoms with E-state index in [4.69, 9.17) is 22.1 Å². The number of benzene rings is 1. The maximum absolute atomic E-state index is 11.0. The van der Waals surface area contributed by atoms with Gasteiger partial charge in [-0.05, 0) is 24.6 Å². The molecule has 0 fully saturated rings. The van der Waals surface area contributed by atoms with Crippen molar-refractivity contribution in [2.75, 3.05) is 0 Å². The summed E-state index contributed by atoms with van der Waals surface area (Å²) in [6.45, 7) is 1.82. The van der Waals surface area contributed by atoms with Crippen molar-refractivity contribution in [1.29, 1.82) is 0 Å².